The molecular weight excluding hydrogens is 262 g/mol. The van der Waals surface area contributed by atoms with Gasteiger partial charge in [-0.3, -0.25) is 9.78 Å². The predicted molar refractivity (Wildman–Crippen MR) is 81.6 cm³/mol. The third kappa shape index (κ3) is 2.67. The number of nitrogens with zero attached hydrogens (tertiary/aromatic N) is 2. The van der Waals surface area contributed by atoms with Crippen LogP contribution in [0.15, 0.2) is 42.6 Å². The van der Waals surface area contributed by atoms with Gasteiger partial charge in [-0.2, -0.15) is 0 Å². The Labute approximate surface area is 124 Å². The first kappa shape index (κ1) is 13.8. The van der Waals surface area contributed by atoms with E-state index in [2.05, 4.69) is 16.5 Å². The lowest BCUT2D eigenvalue weighted by Crippen LogP contribution is -2.43. The Balaban J connectivity index is 1.98. The van der Waals surface area contributed by atoms with Crippen LogP contribution in [0.5, 0.6) is 0 Å². The van der Waals surface area contributed by atoms with Crippen molar-refractivity contribution in [1.82, 2.24) is 15.2 Å². The topological polar surface area (TPSA) is 45.2 Å². The average Bonchev–Trinajstić information content (AvgIpc) is 3.03. The van der Waals surface area contributed by atoms with Gasteiger partial charge in [0, 0.05) is 23.9 Å². The molecule has 1 aromatic heterocycles. The highest BCUT2D eigenvalue weighted by atomic mass is 16.2. The number of benzene rings is 1. The molecule has 1 aliphatic rings. The third-order valence-electron chi connectivity index (χ3n) is 3.90. The number of likely N-dealkylation sites (tertiary alicyclic amines) is 1. The predicted octanol–water partition coefficient (Wildman–Crippen LogP) is 2.33. The van der Waals surface area contributed by atoms with Crippen LogP contribution in [0.1, 0.15) is 23.2 Å². The average molecular weight is 280 g/mol. The Kier molecular flexibility index (Phi) is 3.97. The smallest absolute Gasteiger partial charge is 0.255 e. The molecule has 0 bridgehead atoms. The Hall–Kier alpha value is -2.20. The maximum atomic E-state index is 12.9. The molecule has 1 aliphatic heterocycles. The lowest BCUT2D eigenvalue weighted by molar-refractivity contribution is 0.0719. The van der Waals surface area contributed by atoms with Crippen LogP contribution in [-0.2, 0) is 0 Å². The molecule has 2 aromatic rings. The lowest BCUT2D eigenvalue weighted by Gasteiger charge is -2.25. The summed E-state index contributed by atoms with van der Waals surface area (Å²) in [6.07, 6.45) is 6.82. The molecule has 0 saturated carbocycles. The van der Waals surface area contributed by atoms with Crippen LogP contribution < -0.4 is 5.32 Å². The monoisotopic (exact) mass is 280 g/mol. The first-order valence-corrected chi connectivity index (χ1v) is 7.21. The molecule has 2 heterocycles. The molecule has 0 spiro atoms. The van der Waals surface area contributed by atoms with Crippen LogP contribution in [0.2, 0.25) is 0 Å². The Morgan fingerprint density at radius 1 is 1.33 bits per heavy atom. The zero-order valence-corrected chi connectivity index (χ0v) is 12.0. The summed E-state index contributed by atoms with van der Waals surface area (Å²) in [6.45, 7) is 0.801. The van der Waals surface area contributed by atoms with Gasteiger partial charge < -0.3 is 10.2 Å². The maximum Gasteiger partial charge on any atom is 0.255 e. The fourth-order valence-electron chi connectivity index (χ4n) is 2.85. The van der Waals surface area contributed by atoms with Crippen LogP contribution in [0.25, 0.3) is 11.1 Å². The number of nitrogens with one attached hydrogen (secondary N) is 1. The van der Waals surface area contributed by atoms with Crippen molar-refractivity contribution in [2.75, 3.05) is 13.6 Å². The second-order valence-corrected chi connectivity index (χ2v) is 5.15. The van der Waals surface area contributed by atoms with Gasteiger partial charge in [0.1, 0.15) is 0 Å². The molecule has 1 fully saturated rings. The summed E-state index contributed by atoms with van der Waals surface area (Å²) >= 11 is 0. The molecule has 1 aromatic carbocycles. The van der Waals surface area contributed by atoms with E-state index in [9.17, 15) is 4.79 Å². The molecule has 1 N–H and O–H groups in total. The van der Waals surface area contributed by atoms with E-state index in [0.717, 1.165) is 30.5 Å². The zero-order chi connectivity index (χ0) is 14.7. The highest BCUT2D eigenvalue weighted by Gasteiger charge is 2.29. The van der Waals surface area contributed by atoms with E-state index in [4.69, 9.17) is 0 Å². The summed E-state index contributed by atoms with van der Waals surface area (Å²) in [7, 11) is 1.90. The van der Waals surface area contributed by atoms with E-state index in [1.54, 1.807) is 6.20 Å². The van der Waals surface area contributed by atoms with Gasteiger partial charge in [0.2, 0.25) is 0 Å². The number of carbonyl (C=O) groups is 1. The summed E-state index contributed by atoms with van der Waals surface area (Å²) in [5.41, 5.74) is 2.45. The first-order chi connectivity index (χ1) is 10.3. The molecule has 1 amide bonds. The molecule has 1 radical (unpaired) electrons. The molecule has 1 unspecified atom stereocenters. The van der Waals surface area contributed by atoms with Gasteiger partial charge in [0.15, 0.2) is 0 Å². The molecule has 4 nitrogen and oxygen atoms in total. The Bertz CT molecular complexity index is 627. The molecule has 4 heteroatoms. The molecule has 0 aliphatic carbocycles. The van der Waals surface area contributed by atoms with Crippen LogP contribution in [0.3, 0.4) is 0 Å². The summed E-state index contributed by atoms with van der Waals surface area (Å²) in [5, 5.41) is 3.21. The van der Waals surface area contributed by atoms with Crippen molar-refractivity contribution in [3.8, 4) is 11.1 Å². The van der Waals surface area contributed by atoms with E-state index in [-0.39, 0.29) is 12.1 Å². The molecular formula is C17H18N3O. The van der Waals surface area contributed by atoms with E-state index >= 15 is 0 Å². The van der Waals surface area contributed by atoms with Gasteiger partial charge in [-0.25, -0.2) is 0 Å². The van der Waals surface area contributed by atoms with Crippen LogP contribution in [0, 0.1) is 6.20 Å². The standard InChI is InChI=1S/C17H18N3O/c1-18-16-9-5-11-20(16)17(21)15-8-3-2-7-14(15)13-6-4-10-19-12-13/h2-4,6-8,10,16,18H,5,9,11H2,1H3. The maximum absolute atomic E-state index is 12.9. The molecule has 107 valence electrons. The van der Waals surface area contributed by atoms with Gasteiger partial charge in [-0.1, -0.05) is 24.3 Å². The summed E-state index contributed by atoms with van der Waals surface area (Å²) in [4.78, 5) is 18.8. The van der Waals surface area contributed by atoms with E-state index < -0.39 is 0 Å². The summed E-state index contributed by atoms with van der Waals surface area (Å²) < 4.78 is 0. The van der Waals surface area contributed by atoms with Crippen LogP contribution in [0.4, 0.5) is 0 Å². The fourth-order valence-corrected chi connectivity index (χ4v) is 2.85. The van der Waals surface area contributed by atoms with Gasteiger partial charge in [0.05, 0.1) is 12.4 Å². The van der Waals surface area contributed by atoms with Crippen molar-refractivity contribution in [2.24, 2.45) is 0 Å². The molecule has 3 rings (SSSR count). The summed E-state index contributed by atoms with van der Waals surface area (Å²) in [5.74, 6) is 0.0692. The number of rotatable bonds is 3. The van der Waals surface area contributed by atoms with Gasteiger partial charge in [-0.05, 0) is 37.6 Å². The van der Waals surface area contributed by atoms with Crippen molar-refractivity contribution in [3.05, 3.63) is 54.4 Å². The minimum absolute atomic E-state index is 0.0692. The van der Waals surface area contributed by atoms with Gasteiger partial charge in [-0.15, -0.1) is 0 Å². The Morgan fingerprint density at radius 2 is 2.19 bits per heavy atom. The number of pyridine rings is 1. The number of aromatic nitrogens is 1. The molecule has 1 atom stereocenters. The van der Waals surface area contributed by atoms with Gasteiger partial charge >= 0.3 is 0 Å². The van der Waals surface area contributed by atoms with E-state index in [1.165, 1.54) is 0 Å². The van der Waals surface area contributed by atoms with Crippen molar-refractivity contribution in [1.29, 1.82) is 0 Å². The first-order valence-electron chi connectivity index (χ1n) is 7.21. The molecule has 1 saturated heterocycles. The highest BCUT2D eigenvalue weighted by molar-refractivity contribution is 6.01. The minimum atomic E-state index is 0.0692. The van der Waals surface area contributed by atoms with Crippen molar-refractivity contribution >= 4 is 5.91 Å². The normalized spacial score (nSPS) is 18.0. The highest BCUT2D eigenvalue weighted by Crippen LogP contribution is 2.26. The summed E-state index contributed by atoms with van der Waals surface area (Å²) in [6, 6.07) is 11.5. The second-order valence-electron chi connectivity index (χ2n) is 5.15. The zero-order valence-electron chi connectivity index (χ0n) is 12.0. The number of hydrogen-bond donors (Lipinski definition) is 1. The lowest BCUT2D eigenvalue weighted by atomic mass is 10.0. The minimum Gasteiger partial charge on any atom is -0.323 e. The number of hydrogen-bond acceptors (Lipinski definition) is 3. The van der Waals surface area contributed by atoms with Crippen molar-refractivity contribution in [3.63, 3.8) is 0 Å². The van der Waals surface area contributed by atoms with Gasteiger partial charge in [0.25, 0.3) is 5.91 Å². The fraction of sp³-hybridized carbons (Fsp3) is 0.294. The van der Waals surface area contributed by atoms with Crippen LogP contribution in [-0.4, -0.2) is 35.5 Å². The van der Waals surface area contributed by atoms with Crippen LogP contribution >= 0.6 is 0 Å². The van der Waals surface area contributed by atoms with Crippen molar-refractivity contribution < 1.29 is 4.79 Å². The SMILES string of the molecule is CNC1CCCN1C(=O)c1ccccc1-c1[c]nccc1. The van der Waals surface area contributed by atoms with Crippen molar-refractivity contribution in [2.45, 2.75) is 19.0 Å². The van der Waals surface area contributed by atoms with E-state index in [0.29, 0.717) is 5.56 Å². The third-order valence-corrected chi connectivity index (χ3v) is 3.90. The largest absolute Gasteiger partial charge is 0.323 e. The quantitative estimate of drug-likeness (QED) is 0.938. The molecule has 21 heavy (non-hydrogen) atoms. The second kappa shape index (κ2) is 6.06. The number of amides is 1. The Morgan fingerprint density at radius 3 is 2.95 bits per heavy atom. The number of carbonyl (C=O) groups excluding carboxylic acids is 1. The van der Waals surface area contributed by atoms with E-state index in [1.807, 2.05) is 48.3 Å².